The predicted octanol–water partition coefficient (Wildman–Crippen LogP) is 35.5. The van der Waals surface area contributed by atoms with Crippen LogP contribution in [0.15, 0.2) is 473 Å². The highest BCUT2D eigenvalue weighted by atomic mass is 15.1. The Morgan fingerprint density at radius 3 is 0.913 bits per heavy atom. The fourth-order valence-electron chi connectivity index (χ4n) is 20.9. The van der Waals surface area contributed by atoms with Crippen molar-refractivity contribution >= 4 is 64.6 Å². The maximum absolute atomic E-state index is 5.20. The number of hydrogen-bond acceptors (Lipinski definition) is 11. The summed E-state index contributed by atoms with van der Waals surface area (Å²) in [6.45, 7) is 12.9. The number of aromatic nitrogens is 11. The van der Waals surface area contributed by atoms with Crippen molar-refractivity contribution in [2.45, 2.75) is 73.1 Å². The van der Waals surface area contributed by atoms with Gasteiger partial charge in [-0.1, -0.05) is 455 Å². The minimum atomic E-state index is 0.671. The molecule has 21 aromatic carbocycles. The van der Waals surface area contributed by atoms with E-state index >= 15 is 0 Å². The van der Waals surface area contributed by atoms with Crippen molar-refractivity contribution in [2.24, 2.45) is 0 Å². The topological polar surface area (TPSA) is 142 Å². The standard InChI is InChI=1S/C40H31N3.C38H28N2.C31H23N3.C29H23N3/c1-2-12-31(13-3-1)38-41-39(32-24-22-30(23-25-32)29-20-18-28(19-21-29)27-10-4-5-11-27)43-40(42-38)37-26-33-14-6-7-15-34(33)35-16-8-9-17-36(35)37;1-25-22-30(23-26(2)37(25)29-14-4-3-5-15-29)38-39-35(33-20-10-16-27-12-6-8-18-31(27)33)24-36(40-38)34-21-11-17-28-13-7-9-19-32(28)34;1-20-21(2)28-19-24(17-18-27(28)26-16-10-9-15-25(20)26)31-33-29(22-11-5-3-6-12-22)32-30(34-31)23-13-7-4-8-14-23;1-20-8-6-12-25(18-20)28-30-27(31-29(32-28)26-13-7-9-21(2)19-26)24-16-14-23(15-17-24)22-10-4-3-5-11-22/h1-3,6-9,12-27H,4-5,10-11H2;3-24H,1-2H3;3-19H,1-2H3;3-19H,1-2H3. The maximum atomic E-state index is 5.20. The Morgan fingerprint density at radius 2 is 0.463 bits per heavy atom. The van der Waals surface area contributed by atoms with E-state index in [9.17, 15) is 0 Å². The lowest BCUT2D eigenvalue weighted by atomic mass is 9.92. The third-order valence-electron chi connectivity index (χ3n) is 28.6. The van der Waals surface area contributed by atoms with E-state index in [-0.39, 0.29) is 0 Å². The van der Waals surface area contributed by atoms with Gasteiger partial charge in [-0.3, -0.25) is 0 Å². The zero-order valence-corrected chi connectivity index (χ0v) is 83.9. The molecule has 149 heavy (non-hydrogen) atoms. The highest BCUT2D eigenvalue weighted by Gasteiger charge is 2.24. The van der Waals surface area contributed by atoms with Crippen LogP contribution in [0.4, 0.5) is 0 Å². The van der Waals surface area contributed by atoms with Gasteiger partial charge in [0, 0.05) is 66.8 Å². The molecule has 26 rings (SSSR count). The maximum Gasteiger partial charge on any atom is 0.164 e. The molecule has 1 fully saturated rings. The largest absolute Gasteiger partial charge is 0.228 e. The van der Waals surface area contributed by atoms with Crippen LogP contribution in [0.2, 0.25) is 0 Å². The molecule has 0 aliphatic heterocycles. The molecule has 1 saturated carbocycles. The van der Waals surface area contributed by atoms with E-state index in [1.807, 2.05) is 109 Å². The van der Waals surface area contributed by atoms with Crippen LogP contribution in [-0.2, 0) is 0 Å². The lowest BCUT2D eigenvalue weighted by Gasteiger charge is -2.15. The first-order valence-electron chi connectivity index (χ1n) is 51.1. The number of aryl methyl sites for hydroxylation is 6. The molecule has 1 aliphatic carbocycles. The molecule has 11 nitrogen and oxygen atoms in total. The van der Waals surface area contributed by atoms with E-state index in [1.54, 1.807) is 0 Å². The van der Waals surface area contributed by atoms with Gasteiger partial charge in [0.15, 0.2) is 58.2 Å². The summed E-state index contributed by atoms with van der Waals surface area (Å²) in [5.41, 5.74) is 30.1. The third kappa shape index (κ3) is 20.2. The molecule has 0 amide bonds. The lowest BCUT2D eigenvalue weighted by molar-refractivity contribution is 0.723. The van der Waals surface area contributed by atoms with E-state index in [4.69, 9.17) is 54.8 Å². The van der Waals surface area contributed by atoms with Gasteiger partial charge in [-0.25, -0.2) is 54.8 Å². The molecule has 0 bridgehead atoms. The van der Waals surface area contributed by atoms with Crippen molar-refractivity contribution in [1.82, 2.24) is 54.8 Å². The summed E-state index contributed by atoms with van der Waals surface area (Å²) in [5.74, 6) is 7.56. The molecule has 11 heteroatoms. The Morgan fingerprint density at radius 1 is 0.168 bits per heavy atom. The van der Waals surface area contributed by atoms with Crippen LogP contribution in [0.25, 0.3) is 234 Å². The average molecular weight is 1920 g/mol. The average Bonchev–Trinajstić information content (AvgIpc) is 0.993. The van der Waals surface area contributed by atoms with Crippen molar-refractivity contribution in [3.8, 4) is 170 Å². The number of benzene rings is 21. The summed E-state index contributed by atoms with van der Waals surface area (Å²) in [4.78, 5) is 54.6. The van der Waals surface area contributed by atoms with Gasteiger partial charge in [-0.05, 0) is 229 Å². The van der Waals surface area contributed by atoms with Gasteiger partial charge in [0.25, 0.3) is 0 Å². The molecule has 0 spiro atoms. The second-order valence-electron chi connectivity index (χ2n) is 38.5. The fraction of sp³-hybridized carbons (Fsp3) is 0.0797. The zero-order valence-electron chi connectivity index (χ0n) is 83.9. The summed E-state index contributed by atoms with van der Waals surface area (Å²) in [6.07, 6.45) is 5.36. The van der Waals surface area contributed by atoms with Crippen LogP contribution in [0.3, 0.4) is 0 Å². The van der Waals surface area contributed by atoms with E-state index in [0.717, 1.165) is 95.3 Å². The molecule has 0 atom stereocenters. The molecule has 1 aliphatic rings. The molecular formula is C138H105N11. The highest BCUT2D eigenvalue weighted by molar-refractivity contribution is 6.14. The molecule has 0 radical (unpaired) electrons. The van der Waals surface area contributed by atoms with Crippen LogP contribution in [0.5, 0.6) is 0 Å². The van der Waals surface area contributed by atoms with Gasteiger partial charge in [0.1, 0.15) is 0 Å². The number of hydrogen-bond donors (Lipinski definition) is 0. The predicted molar refractivity (Wildman–Crippen MR) is 618 cm³/mol. The molecule has 4 heterocycles. The van der Waals surface area contributed by atoms with Gasteiger partial charge in [0.05, 0.1) is 11.4 Å². The minimum absolute atomic E-state index is 0.671. The molecular weight excluding hydrogens is 1810 g/mol. The Kier molecular flexibility index (Phi) is 26.7. The molecule has 25 aromatic rings. The van der Waals surface area contributed by atoms with Crippen LogP contribution < -0.4 is 0 Å². The van der Waals surface area contributed by atoms with Gasteiger partial charge < -0.3 is 0 Å². The number of rotatable bonds is 16. The fourth-order valence-corrected chi connectivity index (χ4v) is 20.9. The molecule has 0 saturated heterocycles. The quantitative estimate of drug-likeness (QED) is 0.0853. The monoisotopic (exact) mass is 1920 g/mol. The molecule has 0 unspecified atom stereocenters. The summed E-state index contributed by atoms with van der Waals surface area (Å²) < 4.78 is 0. The minimum Gasteiger partial charge on any atom is -0.228 e. The summed E-state index contributed by atoms with van der Waals surface area (Å²) in [7, 11) is 0. The first kappa shape index (κ1) is 93.9. The number of fused-ring (bicyclic) bond motifs is 8. The third-order valence-corrected chi connectivity index (χ3v) is 28.6. The van der Waals surface area contributed by atoms with Crippen molar-refractivity contribution in [3.05, 3.63) is 512 Å². The zero-order chi connectivity index (χ0) is 101. The van der Waals surface area contributed by atoms with Gasteiger partial charge >= 0.3 is 0 Å². The first-order chi connectivity index (χ1) is 73.3. The van der Waals surface area contributed by atoms with Crippen LogP contribution in [-0.4, -0.2) is 54.8 Å². The normalized spacial score (nSPS) is 11.8. The summed E-state index contributed by atoms with van der Waals surface area (Å²) in [6, 6.07) is 165. The van der Waals surface area contributed by atoms with Crippen LogP contribution in [0.1, 0.15) is 70.5 Å². The van der Waals surface area contributed by atoms with Crippen LogP contribution in [0, 0.1) is 41.5 Å². The Hall–Kier alpha value is -18.7. The summed E-state index contributed by atoms with van der Waals surface area (Å²) >= 11 is 0. The highest BCUT2D eigenvalue weighted by Crippen LogP contribution is 2.43. The Bertz CT molecular complexity index is 8990. The van der Waals surface area contributed by atoms with Gasteiger partial charge in [0.2, 0.25) is 0 Å². The molecule has 0 N–H and O–H groups in total. The van der Waals surface area contributed by atoms with Crippen molar-refractivity contribution in [1.29, 1.82) is 0 Å². The van der Waals surface area contributed by atoms with Gasteiger partial charge in [-0.2, -0.15) is 0 Å². The van der Waals surface area contributed by atoms with Crippen LogP contribution >= 0.6 is 0 Å². The Balaban J connectivity index is 0.000000110. The smallest absolute Gasteiger partial charge is 0.164 e. The van der Waals surface area contributed by atoms with E-state index in [1.165, 1.54) is 157 Å². The first-order valence-corrected chi connectivity index (χ1v) is 51.1. The van der Waals surface area contributed by atoms with Crippen molar-refractivity contribution in [2.75, 3.05) is 0 Å². The van der Waals surface area contributed by atoms with E-state index < -0.39 is 0 Å². The molecule has 4 aromatic heterocycles. The van der Waals surface area contributed by atoms with E-state index in [0.29, 0.717) is 52.4 Å². The van der Waals surface area contributed by atoms with Crippen molar-refractivity contribution in [3.63, 3.8) is 0 Å². The Labute approximate surface area is 868 Å². The lowest BCUT2D eigenvalue weighted by Crippen LogP contribution is -2.00. The number of nitrogens with zero attached hydrogens (tertiary/aromatic N) is 11. The molecule has 712 valence electrons. The second kappa shape index (κ2) is 42.3. The van der Waals surface area contributed by atoms with E-state index in [2.05, 4.69) is 406 Å². The SMILES string of the molecule is Cc1c(C)c2cc(-c3nc(-c4ccccc4)nc(-c4ccccc4)n3)ccc2c2ccccc12.Cc1cc(-c2nc(-c3cccc4ccccc34)cc(-c3cccc4ccccc34)n2)cc(C)c1-c1ccccc1.Cc1cccc(-c2nc(-c3ccc(-c4ccccc4)cc3)nc(-c3cccc(C)c3)n2)c1.c1ccc(-c2nc(-c3ccc(-c4ccc(C5CCCC5)cc4)cc3)nc(-c3cc4ccccc4c4ccccc34)n2)cc1. The van der Waals surface area contributed by atoms with Gasteiger partial charge in [-0.15, -0.1) is 0 Å². The van der Waals surface area contributed by atoms with Crippen molar-refractivity contribution < 1.29 is 0 Å². The summed E-state index contributed by atoms with van der Waals surface area (Å²) in [5, 5.41) is 14.6. The second-order valence-corrected chi connectivity index (χ2v) is 38.5.